The number of carbonyl (C=O) groups is 4. The number of rotatable bonds is 7. The first-order valence-electron chi connectivity index (χ1n) is 9.68. The van der Waals surface area contributed by atoms with Crippen LogP contribution < -0.4 is 4.74 Å². The molecule has 0 spiro atoms. The van der Waals surface area contributed by atoms with Gasteiger partial charge >= 0.3 is 5.97 Å². The van der Waals surface area contributed by atoms with Gasteiger partial charge in [0.1, 0.15) is 6.54 Å². The van der Waals surface area contributed by atoms with Crippen molar-refractivity contribution in [3.05, 3.63) is 32.6 Å². The quantitative estimate of drug-likeness (QED) is 0.414. The lowest BCUT2D eigenvalue weighted by atomic mass is 10.2. The van der Waals surface area contributed by atoms with Crippen molar-refractivity contribution in [3.63, 3.8) is 0 Å². The Morgan fingerprint density at radius 3 is 2.47 bits per heavy atom. The lowest BCUT2D eigenvalue weighted by Crippen LogP contribution is -2.46. The molecule has 0 saturated carbocycles. The monoisotopic (exact) mass is 502 g/mol. The highest BCUT2D eigenvalue weighted by molar-refractivity contribution is 8.18. The molecule has 0 aliphatic carbocycles. The third kappa shape index (κ3) is 5.94. The molecule has 2 aliphatic heterocycles. The summed E-state index contributed by atoms with van der Waals surface area (Å²) >= 11 is 13.1. The fraction of sp³-hybridized carbons (Fsp3) is 0.400. The lowest BCUT2D eigenvalue weighted by molar-refractivity contribution is -0.145. The standard InChI is InChI=1S/C20H20Cl2N2O7S/c1-2-30-17(26)11-31-18-13(21)7-12(8-14(18)22)9-15-19(27)24(20(28)32-15)10-16(25)23-3-5-29-6-4-23/h7-9H,2-6,10-11H2,1H3/b15-9-. The highest BCUT2D eigenvalue weighted by Gasteiger charge is 2.37. The highest BCUT2D eigenvalue weighted by Crippen LogP contribution is 2.37. The van der Waals surface area contributed by atoms with Crippen molar-refractivity contribution in [1.29, 1.82) is 0 Å². The van der Waals surface area contributed by atoms with Gasteiger partial charge in [-0.3, -0.25) is 19.3 Å². The van der Waals surface area contributed by atoms with Crippen molar-refractivity contribution in [1.82, 2.24) is 9.80 Å². The molecule has 3 rings (SSSR count). The number of halogens is 2. The second kappa shape index (κ2) is 11.0. The number of ether oxygens (including phenoxy) is 3. The van der Waals surface area contributed by atoms with Crippen molar-refractivity contribution in [2.75, 3.05) is 46.1 Å². The van der Waals surface area contributed by atoms with Crippen LogP contribution >= 0.6 is 35.0 Å². The van der Waals surface area contributed by atoms with Crippen LogP contribution in [0.3, 0.4) is 0 Å². The van der Waals surface area contributed by atoms with Crippen LogP contribution in [-0.2, 0) is 23.9 Å². The number of thioether (sulfide) groups is 1. The van der Waals surface area contributed by atoms with Crippen LogP contribution in [0.2, 0.25) is 10.0 Å². The third-order valence-electron chi connectivity index (χ3n) is 4.49. The van der Waals surface area contributed by atoms with Crippen molar-refractivity contribution in [2.24, 2.45) is 0 Å². The SMILES string of the molecule is CCOC(=O)COc1c(Cl)cc(/C=C2\SC(=O)N(CC(=O)N3CCOCC3)C2=O)cc1Cl. The maximum absolute atomic E-state index is 12.7. The van der Waals surface area contributed by atoms with E-state index < -0.39 is 17.1 Å². The van der Waals surface area contributed by atoms with Gasteiger partial charge in [-0.1, -0.05) is 23.2 Å². The molecule has 3 amide bonds. The second-order valence-electron chi connectivity index (χ2n) is 6.67. The normalized spacial score (nSPS) is 17.8. The van der Waals surface area contributed by atoms with E-state index in [0.29, 0.717) is 31.9 Å². The summed E-state index contributed by atoms with van der Waals surface area (Å²) in [6, 6.07) is 2.97. The van der Waals surface area contributed by atoms with Gasteiger partial charge in [-0.25, -0.2) is 4.79 Å². The zero-order valence-electron chi connectivity index (χ0n) is 17.1. The van der Waals surface area contributed by atoms with Crippen LogP contribution in [0.5, 0.6) is 5.75 Å². The predicted octanol–water partition coefficient (Wildman–Crippen LogP) is 2.83. The minimum absolute atomic E-state index is 0.0998. The smallest absolute Gasteiger partial charge is 0.344 e. The van der Waals surface area contributed by atoms with Gasteiger partial charge < -0.3 is 19.1 Å². The molecule has 172 valence electrons. The zero-order valence-corrected chi connectivity index (χ0v) is 19.4. The van der Waals surface area contributed by atoms with E-state index in [0.717, 1.165) is 16.7 Å². The molecule has 2 aliphatic rings. The molecule has 2 heterocycles. The summed E-state index contributed by atoms with van der Waals surface area (Å²) in [6.45, 7) is 2.90. The number of benzene rings is 1. The molecule has 2 saturated heterocycles. The molecular formula is C20H20Cl2N2O7S. The molecule has 32 heavy (non-hydrogen) atoms. The van der Waals surface area contributed by atoms with Gasteiger partial charge in [0, 0.05) is 13.1 Å². The van der Waals surface area contributed by atoms with Gasteiger partial charge in [0.25, 0.3) is 11.1 Å². The van der Waals surface area contributed by atoms with Crippen LogP contribution in [0.1, 0.15) is 12.5 Å². The Kier molecular flexibility index (Phi) is 8.41. The van der Waals surface area contributed by atoms with E-state index in [1.807, 2.05) is 0 Å². The Labute approximate surface area is 198 Å². The summed E-state index contributed by atoms with van der Waals surface area (Å²) < 4.78 is 15.3. The Balaban J connectivity index is 1.69. The van der Waals surface area contributed by atoms with E-state index in [-0.39, 0.29) is 46.4 Å². The third-order valence-corrected chi connectivity index (χ3v) is 5.96. The molecule has 2 fully saturated rings. The second-order valence-corrected chi connectivity index (χ2v) is 8.48. The molecule has 0 atom stereocenters. The maximum atomic E-state index is 12.7. The fourth-order valence-corrected chi connectivity index (χ4v) is 4.42. The summed E-state index contributed by atoms with van der Waals surface area (Å²) in [6.07, 6.45) is 1.46. The lowest BCUT2D eigenvalue weighted by Gasteiger charge is -2.28. The minimum atomic E-state index is -0.573. The first-order chi connectivity index (χ1) is 15.3. The minimum Gasteiger partial charge on any atom is -0.479 e. The summed E-state index contributed by atoms with van der Waals surface area (Å²) in [4.78, 5) is 51.5. The van der Waals surface area contributed by atoms with Crippen LogP contribution in [0.25, 0.3) is 6.08 Å². The first-order valence-corrected chi connectivity index (χ1v) is 11.3. The molecule has 0 aromatic heterocycles. The molecule has 1 aromatic carbocycles. The van der Waals surface area contributed by atoms with Gasteiger partial charge in [0.05, 0.1) is 34.8 Å². The Bertz CT molecular complexity index is 940. The summed E-state index contributed by atoms with van der Waals surface area (Å²) in [5.41, 5.74) is 0.452. The average molecular weight is 503 g/mol. The van der Waals surface area contributed by atoms with E-state index in [4.69, 9.17) is 37.4 Å². The number of nitrogens with zero attached hydrogens (tertiary/aromatic N) is 2. The van der Waals surface area contributed by atoms with E-state index in [9.17, 15) is 19.2 Å². The number of imide groups is 1. The number of hydrogen-bond acceptors (Lipinski definition) is 8. The van der Waals surface area contributed by atoms with Crippen molar-refractivity contribution < 1.29 is 33.4 Å². The van der Waals surface area contributed by atoms with Crippen molar-refractivity contribution in [3.8, 4) is 5.75 Å². The molecule has 1 aromatic rings. The van der Waals surface area contributed by atoms with Gasteiger partial charge in [-0.15, -0.1) is 0 Å². The van der Waals surface area contributed by atoms with Gasteiger partial charge in [0.15, 0.2) is 12.4 Å². The summed E-state index contributed by atoms with van der Waals surface area (Å²) in [5, 5.41) is -0.293. The van der Waals surface area contributed by atoms with E-state index >= 15 is 0 Å². The Morgan fingerprint density at radius 2 is 1.84 bits per heavy atom. The molecule has 0 radical (unpaired) electrons. The zero-order chi connectivity index (χ0) is 23.3. The number of carbonyl (C=O) groups excluding carboxylic acids is 4. The van der Waals surface area contributed by atoms with Crippen LogP contribution in [0.15, 0.2) is 17.0 Å². The Morgan fingerprint density at radius 1 is 1.19 bits per heavy atom. The van der Waals surface area contributed by atoms with Gasteiger partial charge in [-0.05, 0) is 42.5 Å². The molecule has 0 N–H and O–H groups in total. The number of amides is 3. The highest BCUT2D eigenvalue weighted by atomic mass is 35.5. The first kappa shape index (κ1) is 24.4. The number of hydrogen-bond donors (Lipinski definition) is 0. The van der Waals surface area contributed by atoms with E-state index in [2.05, 4.69) is 0 Å². The molecule has 0 unspecified atom stereocenters. The largest absolute Gasteiger partial charge is 0.479 e. The predicted molar refractivity (Wildman–Crippen MR) is 119 cm³/mol. The van der Waals surface area contributed by atoms with Crippen molar-refractivity contribution >= 4 is 64.1 Å². The molecule has 9 nitrogen and oxygen atoms in total. The van der Waals surface area contributed by atoms with Crippen LogP contribution in [-0.4, -0.2) is 78.9 Å². The van der Waals surface area contributed by atoms with Crippen molar-refractivity contribution in [2.45, 2.75) is 6.92 Å². The summed E-state index contributed by atoms with van der Waals surface area (Å²) in [7, 11) is 0. The number of morpholine rings is 1. The van der Waals surface area contributed by atoms with E-state index in [1.165, 1.54) is 18.2 Å². The van der Waals surface area contributed by atoms with Gasteiger partial charge in [0.2, 0.25) is 5.91 Å². The van der Waals surface area contributed by atoms with Crippen LogP contribution in [0.4, 0.5) is 4.79 Å². The van der Waals surface area contributed by atoms with E-state index in [1.54, 1.807) is 11.8 Å². The molecule has 12 heteroatoms. The maximum Gasteiger partial charge on any atom is 0.344 e. The summed E-state index contributed by atoms with van der Waals surface area (Å²) in [5.74, 6) is -1.35. The molecular weight excluding hydrogens is 483 g/mol. The van der Waals surface area contributed by atoms with Crippen LogP contribution in [0, 0.1) is 0 Å². The molecule has 0 bridgehead atoms. The van der Waals surface area contributed by atoms with Gasteiger partial charge in [-0.2, -0.15) is 0 Å². The number of esters is 1. The Hall–Kier alpha value is -2.27. The topological polar surface area (TPSA) is 102 Å². The average Bonchev–Trinajstić information content (AvgIpc) is 3.01. The fourth-order valence-electron chi connectivity index (χ4n) is 2.97.